The fraction of sp³-hybridized carbons (Fsp3) is 0.588. The minimum absolute atomic E-state index is 0.503. The number of nitrogens with one attached hydrogen (secondary N) is 2. The van der Waals surface area contributed by atoms with Gasteiger partial charge in [-0.15, -0.1) is 0 Å². The van der Waals surface area contributed by atoms with Crippen LogP contribution in [0, 0.1) is 0 Å². The first kappa shape index (κ1) is 16.2. The van der Waals surface area contributed by atoms with E-state index in [0.717, 1.165) is 17.3 Å². The first-order chi connectivity index (χ1) is 10.1. The van der Waals surface area contributed by atoms with Gasteiger partial charge in [0.15, 0.2) is 5.11 Å². The summed E-state index contributed by atoms with van der Waals surface area (Å²) in [5.74, 6) is 0.563. The maximum Gasteiger partial charge on any atom is 0.170 e. The fourth-order valence-corrected chi connectivity index (χ4v) is 2.98. The summed E-state index contributed by atoms with van der Waals surface area (Å²) in [4.78, 5) is 2.49. The first-order valence-electron chi connectivity index (χ1n) is 7.98. The molecular weight excluding hydrogens is 278 g/mol. The van der Waals surface area contributed by atoms with Crippen LogP contribution < -0.4 is 10.6 Å². The third-order valence-electron chi connectivity index (χ3n) is 4.21. The van der Waals surface area contributed by atoms with Gasteiger partial charge in [0.05, 0.1) is 0 Å². The molecule has 1 saturated heterocycles. The Balaban J connectivity index is 1.79. The lowest BCUT2D eigenvalue weighted by Crippen LogP contribution is -2.45. The molecule has 1 fully saturated rings. The zero-order valence-electron chi connectivity index (χ0n) is 13.4. The molecule has 0 bridgehead atoms. The average Bonchev–Trinajstić information content (AvgIpc) is 2.48. The van der Waals surface area contributed by atoms with Crippen LogP contribution in [0.25, 0.3) is 0 Å². The second-order valence-electron chi connectivity index (χ2n) is 6.08. The van der Waals surface area contributed by atoms with E-state index in [0.29, 0.717) is 12.0 Å². The summed E-state index contributed by atoms with van der Waals surface area (Å²) in [5.41, 5.74) is 2.41. The average molecular weight is 305 g/mol. The molecule has 1 aliphatic rings. The first-order valence-corrected chi connectivity index (χ1v) is 8.39. The molecule has 0 aliphatic carbocycles. The van der Waals surface area contributed by atoms with E-state index in [2.05, 4.69) is 60.6 Å². The van der Waals surface area contributed by atoms with E-state index in [4.69, 9.17) is 12.2 Å². The third kappa shape index (κ3) is 4.97. The molecule has 0 unspecified atom stereocenters. The molecule has 0 amide bonds. The number of rotatable bonds is 4. The molecule has 21 heavy (non-hydrogen) atoms. The smallest absolute Gasteiger partial charge is 0.170 e. The second kappa shape index (κ2) is 7.76. The Morgan fingerprint density at radius 1 is 1.24 bits per heavy atom. The van der Waals surface area contributed by atoms with Gasteiger partial charge in [0, 0.05) is 24.8 Å². The molecule has 1 aliphatic heterocycles. The van der Waals surface area contributed by atoms with Crippen LogP contribution in [0.15, 0.2) is 24.3 Å². The molecule has 3 nitrogen and oxygen atoms in total. The van der Waals surface area contributed by atoms with Crippen molar-refractivity contribution in [2.45, 2.75) is 45.6 Å². The van der Waals surface area contributed by atoms with Gasteiger partial charge in [-0.3, -0.25) is 0 Å². The Morgan fingerprint density at radius 3 is 2.38 bits per heavy atom. The summed E-state index contributed by atoms with van der Waals surface area (Å²) < 4.78 is 0. The molecule has 2 N–H and O–H groups in total. The molecule has 2 rings (SSSR count). The summed E-state index contributed by atoms with van der Waals surface area (Å²) in [7, 11) is 0. The zero-order valence-corrected chi connectivity index (χ0v) is 14.2. The maximum absolute atomic E-state index is 5.42. The highest BCUT2D eigenvalue weighted by Crippen LogP contribution is 2.17. The van der Waals surface area contributed by atoms with Crippen LogP contribution in [-0.4, -0.2) is 35.7 Å². The van der Waals surface area contributed by atoms with Gasteiger partial charge in [-0.1, -0.05) is 32.9 Å². The third-order valence-corrected chi connectivity index (χ3v) is 4.43. The Bertz CT molecular complexity index is 448. The van der Waals surface area contributed by atoms with Crippen LogP contribution >= 0.6 is 12.2 Å². The summed E-state index contributed by atoms with van der Waals surface area (Å²) in [5, 5.41) is 7.47. The molecule has 1 aromatic rings. The lowest BCUT2D eigenvalue weighted by atomic mass is 10.0. The number of likely N-dealkylation sites (tertiary alicyclic amines) is 1. The maximum atomic E-state index is 5.42. The van der Waals surface area contributed by atoms with Crippen molar-refractivity contribution in [2.24, 2.45) is 0 Å². The number of nitrogens with zero attached hydrogens (tertiary/aromatic N) is 1. The Morgan fingerprint density at radius 2 is 1.86 bits per heavy atom. The van der Waals surface area contributed by atoms with E-state index in [1.165, 1.54) is 31.5 Å². The molecule has 116 valence electrons. The van der Waals surface area contributed by atoms with E-state index in [1.54, 1.807) is 0 Å². The zero-order chi connectivity index (χ0) is 15.2. The van der Waals surface area contributed by atoms with E-state index in [9.17, 15) is 0 Å². The summed E-state index contributed by atoms with van der Waals surface area (Å²) in [6, 6.07) is 9.03. The van der Waals surface area contributed by atoms with Crippen molar-refractivity contribution in [3.8, 4) is 0 Å². The normalized spacial score (nSPS) is 17.0. The van der Waals surface area contributed by atoms with E-state index in [1.807, 2.05) is 0 Å². The standard InChI is InChI=1S/C17H27N3S/c1-4-20-11-9-16(10-12-20)19-17(21)18-15-7-5-14(6-8-15)13(2)3/h5-8,13,16H,4,9-12H2,1-3H3,(H2,18,19,21). The number of thiocarbonyl (C=S) groups is 1. The Hall–Kier alpha value is -1.13. The van der Waals surface area contributed by atoms with Crippen LogP contribution in [0.3, 0.4) is 0 Å². The van der Waals surface area contributed by atoms with Gasteiger partial charge in [0.25, 0.3) is 0 Å². The Kier molecular flexibility index (Phi) is 6.00. The predicted molar refractivity (Wildman–Crippen MR) is 95.0 cm³/mol. The molecule has 1 heterocycles. The minimum atomic E-state index is 0.503. The van der Waals surface area contributed by atoms with Crippen LogP contribution in [0.1, 0.15) is 45.1 Å². The van der Waals surface area contributed by atoms with E-state index >= 15 is 0 Å². The molecule has 4 heteroatoms. The van der Waals surface area contributed by atoms with Gasteiger partial charge in [-0.2, -0.15) is 0 Å². The highest BCUT2D eigenvalue weighted by atomic mass is 32.1. The minimum Gasteiger partial charge on any atom is -0.360 e. The summed E-state index contributed by atoms with van der Waals surface area (Å²) in [6.45, 7) is 10.1. The molecular formula is C17H27N3S. The van der Waals surface area contributed by atoms with Crippen molar-refractivity contribution in [3.63, 3.8) is 0 Å². The van der Waals surface area contributed by atoms with Crippen LogP contribution in [0.5, 0.6) is 0 Å². The van der Waals surface area contributed by atoms with Gasteiger partial charge in [-0.05, 0) is 55.2 Å². The van der Waals surface area contributed by atoms with Crippen molar-refractivity contribution in [1.82, 2.24) is 10.2 Å². The summed E-state index contributed by atoms with van der Waals surface area (Å²) >= 11 is 5.42. The molecule has 0 aromatic heterocycles. The molecule has 0 atom stereocenters. The predicted octanol–water partition coefficient (Wildman–Crippen LogP) is 3.58. The lowest BCUT2D eigenvalue weighted by Gasteiger charge is -2.32. The van der Waals surface area contributed by atoms with Crippen LogP contribution in [0.2, 0.25) is 0 Å². The lowest BCUT2D eigenvalue weighted by molar-refractivity contribution is 0.216. The molecule has 0 saturated carbocycles. The van der Waals surface area contributed by atoms with Crippen molar-refractivity contribution < 1.29 is 0 Å². The van der Waals surface area contributed by atoms with E-state index < -0.39 is 0 Å². The van der Waals surface area contributed by atoms with Gasteiger partial charge in [0.1, 0.15) is 0 Å². The number of hydrogen-bond donors (Lipinski definition) is 2. The van der Waals surface area contributed by atoms with Gasteiger partial charge >= 0.3 is 0 Å². The van der Waals surface area contributed by atoms with Crippen LogP contribution in [-0.2, 0) is 0 Å². The van der Waals surface area contributed by atoms with Crippen molar-refractivity contribution >= 4 is 23.0 Å². The number of anilines is 1. The fourth-order valence-electron chi connectivity index (χ4n) is 2.70. The monoisotopic (exact) mass is 305 g/mol. The quantitative estimate of drug-likeness (QED) is 0.832. The van der Waals surface area contributed by atoms with Crippen LogP contribution in [0.4, 0.5) is 5.69 Å². The molecule has 1 aromatic carbocycles. The van der Waals surface area contributed by atoms with Gasteiger partial charge < -0.3 is 15.5 Å². The number of benzene rings is 1. The second-order valence-corrected chi connectivity index (χ2v) is 6.49. The van der Waals surface area contributed by atoms with Gasteiger partial charge in [0.2, 0.25) is 0 Å². The Labute approximate surface area is 134 Å². The number of piperidine rings is 1. The van der Waals surface area contributed by atoms with E-state index in [-0.39, 0.29) is 0 Å². The molecule has 0 radical (unpaired) electrons. The largest absolute Gasteiger partial charge is 0.360 e. The SMILES string of the molecule is CCN1CCC(NC(=S)Nc2ccc(C(C)C)cc2)CC1. The van der Waals surface area contributed by atoms with Gasteiger partial charge in [-0.25, -0.2) is 0 Å². The number of hydrogen-bond acceptors (Lipinski definition) is 2. The summed E-state index contributed by atoms with van der Waals surface area (Å²) in [6.07, 6.45) is 2.34. The van der Waals surface area contributed by atoms with Crippen molar-refractivity contribution in [3.05, 3.63) is 29.8 Å². The van der Waals surface area contributed by atoms with Crippen molar-refractivity contribution in [1.29, 1.82) is 0 Å². The van der Waals surface area contributed by atoms with Crippen molar-refractivity contribution in [2.75, 3.05) is 25.0 Å². The topological polar surface area (TPSA) is 27.3 Å². The molecule has 0 spiro atoms. The highest BCUT2D eigenvalue weighted by Gasteiger charge is 2.18. The highest BCUT2D eigenvalue weighted by molar-refractivity contribution is 7.80.